The van der Waals surface area contributed by atoms with Crippen molar-refractivity contribution in [1.29, 1.82) is 0 Å². The second kappa shape index (κ2) is 7.41. The number of hydrogen-bond donors (Lipinski definition) is 2. The number of carbonyl (C=O) groups excluding carboxylic acids is 1. The lowest BCUT2D eigenvalue weighted by atomic mass is 9.98. The first-order valence-electron chi connectivity index (χ1n) is 7.08. The molecule has 1 atom stereocenters. The summed E-state index contributed by atoms with van der Waals surface area (Å²) in [6.07, 6.45) is 2.02. The molecule has 2 N–H and O–H groups in total. The minimum absolute atomic E-state index is 0.321. The third-order valence-electron chi connectivity index (χ3n) is 3.57. The van der Waals surface area contributed by atoms with Crippen molar-refractivity contribution in [2.45, 2.75) is 12.0 Å². The summed E-state index contributed by atoms with van der Waals surface area (Å²) in [7, 11) is 1.48. The van der Waals surface area contributed by atoms with Crippen molar-refractivity contribution in [2.75, 3.05) is 25.2 Å². The number of rotatable bonds is 7. The highest BCUT2D eigenvalue weighted by molar-refractivity contribution is 7.99. The van der Waals surface area contributed by atoms with Crippen molar-refractivity contribution in [1.82, 2.24) is 5.32 Å². The third kappa shape index (κ3) is 3.79. The molecule has 1 unspecified atom stereocenters. The molecule has 1 aromatic carbocycles. The summed E-state index contributed by atoms with van der Waals surface area (Å²) in [5.74, 6) is 0.533. The van der Waals surface area contributed by atoms with Crippen molar-refractivity contribution in [3.05, 3.63) is 36.4 Å². The van der Waals surface area contributed by atoms with Gasteiger partial charge in [0, 0.05) is 11.3 Å². The van der Waals surface area contributed by atoms with Crippen LogP contribution in [0.15, 0.2) is 30.9 Å². The second-order valence-electron chi connectivity index (χ2n) is 5.11. The average molecular weight is 337 g/mol. The van der Waals surface area contributed by atoms with Crippen LogP contribution in [0.1, 0.15) is 16.8 Å². The first-order chi connectivity index (χ1) is 11.0. The van der Waals surface area contributed by atoms with E-state index in [4.69, 9.17) is 9.47 Å². The van der Waals surface area contributed by atoms with Gasteiger partial charge in [0.1, 0.15) is 12.1 Å². The fourth-order valence-electron chi connectivity index (χ4n) is 2.25. The topological polar surface area (TPSA) is 84.9 Å². The van der Waals surface area contributed by atoms with E-state index in [1.807, 2.05) is 0 Å². The van der Waals surface area contributed by atoms with Crippen molar-refractivity contribution < 1.29 is 24.2 Å². The van der Waals surface area contributed by atoms with Crippen LogP contribution >= 0.6 is 11.8 Å². The molecule has 1 heterocycles. The molecule has 0 bridgehead atoms. The van der Waals surface area contributed by atoms with Gasteiger partial charge in [0.2, 0.25) is 0 Å². The van der Waals surface area contributed by atoms with Gasteiger partial charge < -0.3 is 19.9 Å². The second-order valence-corrected chi connectivity index (χ2v) is 6.21. The van der Waals surface area contributed by atoms with Crippen LogP contribution in [0.25, 0.3) is 0 Å². The summed E-state index contributed by atoms with van der Waals surface area (Å²) in [5, 5.41) is 12.1. The van der Waals surface area contributed by atoms with Gasteiger partial charge >= 0.3 is 5.97 Å². The Morgan fingerprint density at radius 1 is 1.48 bits per heavy atom. The lowest BCUT2D eigenvalue weighted by Gasteiger charge is -2.24. The van der Waals surface area contributed by atoms with Crippen LogP contribution in [0.3, 0.4) is 0 Å². The molecule has 7 heteroatoms. The van der Waals surface area contributed by atoms with E-state index >= 15 is 0 Å². The number of hydrogen-bond acceptors (Lipinski definition) is 5. The van der Waals surface area contributed by atoms with Gasteiger partial charge in [-0.15, -0.1) is 0 Å². The first-order valence-corrected chi connectivity index (χ1v) is 8.23. The van der Waals surface area contributed by atoms with Crippen molar-refractivity contribution in [3.8, 4) is 11.5 Å². The summed E-state index contributed by atoms with van der Waals surface area (Å²) in [4.78, 5) is 23.9. The fourth-order valence-corrected chi connectivity index (χ4v) is 3.58. The van der Waals surface area contributed by atoms with Crippen LogP contribution in [0.4, 0.5) is 0 Å². The Hall–Kier alpha value is -2.15. The molecule has 6 nitrogen and oxygen atoms in total. The number of benzene rings is 1. The van der Waals surface area contributed by atoms with Gasteiger partial charge in [0.25, 0.3) is 5.91 Å². The molecule has 0 spiro atoms. The smallest absolute Gasteiger partial charge is 0.330 e. The molecule has 1 aromatic rings. The van der Waals surface area contributed by atoms with Crippen molar-refractivity contribution in [2.24, 2.45) is 0 Å². The number of thioether (sulfide) groups is 1. The summed E-state index contributed by atoms with van der Waals surface area (Å²) < 4.78 is 10.6. The molecular weight excluding hydrogens is 318 g/mol. The van der Waals surface area contributed by atoms with Crippen molar-refractivity contribution >= 4 is 23.6 Å². The van der Waals surface area contributed by atoms with Crippen LogP contribution in [0.5, 0.6) is 11.5 Å². The Bertz CT molecular complexity index is 610. The number of methoxy groups -OCH3 is 1. The number of carbonyl (C=O) groups is 2. The quantitative estimate of drug-likeness (QED) is 0.740. The molecule has 1 aliphatic heterocycles. The molecule has 1 fully saturated rings. The van der Waals surface area contributed by atoms with E-state index in [2.05, 4.69) is 11.9 Å². The van der Waals surface area contributed by atoms with Crippen LogP contribution in [0.2, 0.25) is 0 Å². The molecule has 0 radical (unpaired) electrons. The maximum absolute atomic E-state index is 12.4. The van der Waals surface area contributed by atoms with Gasteiger partial charge in [0.15, 0.2) is 11.5 Å². The zero-order valence-corrected chi connectivity index (χ0v) is 13.6. The number of carboxylic acid groups (broad SMARTS) is 1. The maximum atomic E-state index is 12.4. The molecule has 2 rings (SSSR count). The molecular formula is C16H19NO5S. The van der Waals surface area contributed by atoms with Gasteiger partial charge in [-0.2, -0.15) is 11.8 Å². The Morgan fingerprint density at radius 3 is 2.83 bits per heavy atom. The summed E-state index contributed by atoms with van der Waals surface area (Å²) >= 11 is 1.52. The minimum atomic E-state index is -1.20. The normalized spacial score (nSPS) is 19.9. The van der Waals surface area contributed by atoms with Gasteiger partial charge in [-0.05, 0) is 30.4 Å². The Labute approximate surface area is 138 Å². The Morgan fingerprint density at radius 2 is 2.26 bits per heavy atom. The first kappa shape index (κ1) is 17.2. The van der Waals surface area contributed by atoms with E-state index in [1.165, 1.54) is 24.9 Å². The molecule has 1 saturated heterocycles. The number of ether oxygens (including phenoxy) is 2. The molecule has 23 heavy (non-hydrogen) atoms. The zero-order chi connectivity index (χ0) is 16.9. The SMILES string of the molecule is C=CCOc1ccc(C(=O)NC2(C(=O)O)CCSC2)cc1OC. The summed E-state index contributed by atoms with van der Waals surface area (Å²) in [6.45, 7) is 3.89. The zero-order valence-electron chi connectivity index (χ0n) is 12.8. The van der Waals surface area contributed by atoms with Gasteiger partial charge in [0.05, 0.1) is 7.11 Å². The monoisotopic (exact) mass is 337 g/mol. The van der Waals surface area contributed by atoms with E-state index in [1.54, 1.807) is 18.2 Å². The standard InChI is InChI=1S/C16H19NO5S/c1-3-7-22-12-5-4-11(9-13(12)21-2)14(18)17-16(15(19)20)6-8-23-10-16/h3-5,9H,1,6-8,10H2,2H3,(H,17,18)(H,19,20). The maximum Gasteiger partial charge on any atom is 0.330 e. The lowest BCUT2D eigenvalue weighted by Crippen LogP contribution is -2.54. The highest BCUT2D eigenvalue weighted by atomic mass is 32.2. The lowest BCUT2D eigenvalue weighted by molar-refractivity contribution is -0.143. The van der Waals surface area contributed by atoms with E-state index in [0.717, 1.165) is 0 Å². The minimum Gasteiger partial charge on any atom is -0.493 e. The molecule has 1 amide bonds. The highest BCUT2D eigenvalue weighted by Gasteiger charge is 2.43. The van der Waals surface area contributed by atoms with Crippen LogP contribution in [-0.4, -0.2) is 47.7 Å². The Balaban J connectivity index is 2.19. The van der Waals surface area contributed by atoms with Crippen LogP contribution in [0, 0.1) is 0 Å². The van der Waals surface area contributed by atoms with E-state index in [9.17, 15) is 14.7 Å². The number of aliphatic carboxylic acids is 1. The highest BCUT2D eigenvalue weighted by Crippen LogP contribution is 2.31. The molecule has 0 aliphatic carbocycles. The number of carboxylic acids is 1. The molecule has 1 aliphatic rings. The predicted molar refractivity (Wildman–Crippen MR) is 88.5 cm³/mol. The largest absolute Gasteiger partial charge is 0.493 e. The number of amides is 1. The fraction of sp³-hybridized carbons (Fsp3) is 0.375. The van der Waals surface area contributed by atoms with Crippen molar-refractivity contribution in [3.63, 3.8) is 0 Å². The molecule has 0 saturated carbocycles. The Kier molecular flexibility index (Phi) is 5.54. The van der Waals surface area contributed by atoms with Gasteiger partial charge in [-0.3, -0.25) is 4.79 Å². The summed E-state index contributed by atoms with van der Waals surface area (Å²) in [6, 6.07) is 4.73. The summed E-state index contributed by atoms with van der Waals surface area (Å²) in [5.41, 5.74) is -0.877. The third-order valence-corrected chi connectivity index (χ3v) is 4.76. The predicted octanol–water partition coefficient (Wildman–Crippen LogP) is 1.95. The van der Waals surface area contributed by atoms with E-state index in [0.29, 0.717) is 41.6 Å². The van der Waals surface area contributed by atoms with Gasteiger partial charge in [-0.1, -0.05) is 12.7 Å². The molecule has 124 valence electrons. The number of nitrogens with one attached hydrogen (secondary N) is 1. The van der Waals surface area contributed by atoms with E-state index < -0.39 is 17.4 Å². The van der Waals surface area contributed by atoms with E-state index in [-0.39, 0.29) is 0 Å². The average Bonchev–Trinajstić information content (AvgIpc) is 3.02. The molecule has 0 aromatic heterocycles. The van der Waals surface area contributed by atoms with Crippen LogP contribution in [-0.2, 0) is 4.79 Å². The van der Waals surface area contributed by atoms with Gasteiger partial charge in [-0.25, -0.2) is 4.79 Å². The van der Waals surface area contributed by atoms with Crippen LogP contribution < -0.4 is 14.8 Å².